The van der Waals surface area contributed by atoms with Gasteiger partial charge in [0.15, 0.2) is 0 Å². The van der Waals surface area contributed by atoms with E-state index in [2.05, 4.69) is 19.2 Å². The Morgan fingerprint density at radius 1 is 1.47 bits per heavy atom. The lowest BCUT2D eigenvalue weighted by molar-refractivity contribution is -0.123. The molecule has 1 aromatic rings. The minimum atomic E-state index is -0.0174. The van der Waals surface area contributed by atoms with E-state index in [4.69, 9.17) is 10.5 Å². The van der Waals surface area contributed by atoms with Gasteiger partial charge >= 0.3 is 0 Å². The first-order valence-corrected chi connectivity index (χ1v) is 6.62. The molecule has 1 aliphatic rings. The van der Waals surface area contributed by atoms with E-state index in [1.807, 2.05) is 24.3 Å². The average Bonchev–Trinajstić information content (AvgIpc) is 2.39. The number of nitrogens with two attached hydrogens (primary N) is 1. The Bertz CT molecular complexity index is 471. The molecule has 0 radical (unpaired) electrons. The highest BCUT2D eigenvalue weighted by atomic mass is 16.5. The van der Waals surface area contributed by atoms with Gasteiger partial charge in [0, 0.05) is 23.1 Å². The van der Waals surface area contributed by atoms with Gasteiger partial charge < -0.3 is 15.8 Å². The zero-order chi connectivity index (χ0) is 14.0. The van der Waals surface area contributed by atoms with Crippen molar-refractivity contribution in [2.75, 3.05) is 7.11 Å². The average molecular weight is 262 g/mol. The van der Waals surface area contributed by atoms with E-state index in [0.717, 1.165) is 17.7 Å². The third-order valence-electron chi connectivity index (χ3n) is 4.22. The van der Waals surface area contributed by atoms with Gasteiger partial charge in [-0.3, -0.25) is 4.79 Å². The number of carbonyl (C=O) groups is 1. The van der Waals surface area contributed by atoms with Crippen molar-refractivity contribution >= 4 is 5.91 Å². The van der Waals surface area contributed by atoms with Crippen molar-refractivity contribution in [2.24, 2.45) is 11.1 Å². The first-order chi connectivity index (χ1) is 8.95. The summed E-state index contributed by atoms with van der Waals surface area (Å²) in [6.45, 7) is 4.18. The van der Waals surface area contributed by atoms with Crippen LogP contribution in [0.25, 0.3) is 0 Å². The van der Waals surface area contributed by atoms with E-state index in [1.165, 1.54) is 0 Å². The quantitative estimate of drug-likeness (QED) is 0.864. The van der Waals surface area contributed by atoms with Crippen LogP contribution >= 0.6 is 0 Å². The maximum absolute atomic E-state index is 12.1. The molecule has 0 heterocycles. The van der Waals surface area contributed by atoms with Crippen molar-refractivity contribution in [1.82, 2.24) is 5.32 Å². The van der Waals surface area contributed by atoms with E-state index in [9.17, 15) is 4.79 Å². The van der Waals surface area contributed by atoms with Crippen molar-refractivity contribution in [3.8, 4) is 5.75 Å². The van der Waals surface area contributed by atoms with Gasteiger partial charge in [0.05, 0.1) is 13.5 Å². The second-order valence-corrected chi connectivity index (χ2v) is 5.77. The zero-order valence-corrected chi connectivity index (χ0v) is 11.8. The molecule has 4 nitrogen and oxygen atoms in total. The van der Waals surface area contributed by atoms with Crippen LogP contribution in [0.1, 0.15) is 25.8 Å². The molecule has 2 rings (SSSR count). The van der Waals surface area contributed by atoms with Crippen LogP contribution in [0.3, 0.4) is 0 Å². The van der Waals surface area contributed by atoms with E-state index in [-0.39, 0.29) is 23.4 Å². The summed E-state index contributed by atoms with van der Waals surface area (Å²) in [5, 5.41) is 3.06. The summed E-state index contributed by atoms with van der Waals surface area (Å²) in [6, 6.07) is 7.93. The van der Waals surface area contributed by atoms with Crippen LogP contribution in [0.4, 0.5) is 0 Å². The highest BCUT2D eigenvalue weighted by Crippen LogP contribution is 2.39. The molecule has 0 aliphatic heterocycles. The van der Waals surface area contributed by atoms with E-state index < -0.39 is 0 Å². The number of benzene rings is 1. The number of methoxy groups -OCH3 is 1. The third kappa shape index (κ3) is 2.73. The Hall–Kier alpha value is -1.55. The summed E-state index contributed by atoms with van der Waals surface area (Å²) < 4.78 is 5.25. The predicted octanol–water partition coefficient (Wildman–Crippen LogP) is 1.48. The van der Waals surface area contributed by atoms with Crippen LogP contribution in [0.15, 0.2) is 24.3 Å². The summed E-state index contributed by atoms with van der Waals surface area (Å²) >= 11 is 0. The lowest BCUT2D eigenvalue weighted by Crippen LogP contribution is -2.64. The lowest BCUT2D eigenvalue weighted by atomic mass is 9.63. The highest BCUT2D eigenvalue weighted by Gasteiger charge is 2.46. The molecule has 0 aromatic heterocycles. The smallest absolute Gasteiger partial charge is 0.224 e. The van der Waals surface area contributed by atoms with Gasteiger partial charge in [0.25, 0.3) is 0 Å². The third-order valence-corrected chi connectivity index (χ3v) is 4.22. The van der Waals surface area contributed by atoms with Crippen LogP contribution in [-0.4, -0.2) is 25.1 Å². The molecule has 1 amide bonds. The van der Waals surface area contributed by atoms with Gasteiger partial charge in [-0.2, -0.15) is 0 Å². The molecule has 1 saturated carbocycles. The Balaban J connectivity index is 1.95. The maximum Gasteiger partial charge on any atom is 0.224 e. The van der Waals surface area contributed by atoms with E-state index >= 15 is 0 Å². The highest BCUT2D eigenvalue weighted by molar-refractivity contribution is 5.79. The number of para-hydroxylation sites is 1. The fourth-order valence-corrected chi connectivity index (χ4v) is 2.47. The van der Waals surface area contributed by atoms with Crippen molar-refractivity contribution in [1.29, 1.82) is 0 Å². The van der Waals surface area contributed by atoms with Gasteiger partial charge in [-0.05, 0) is 12.5 Å². The molecule has 104 valence electrons. The van der Waals surface area contributed by atoms with Gasteiger partial charge in [-0.15, -0.1) is 0 Å². The first kappa shape index (κ1) is 13.9. The Morgan fingerprint density at radius 3 is 2.74 bits per heavy atom. The van der Waals surface area contributed by atoms with Crippen LogP contribution in [-0.2, 0) is 11.2 Å². The topological polar surface area (TPSA) is 64.3 Å². The monoisotopic (exact) mass is 262 g/mol. The van der Waals surface area contributed by atoms with Crippen molar-refractivity contribution < 1.29 is 9.53 Å². The minimum absolute atomic E-state index is 0.0174. The summed E-state index contributed by atoms with van der Waals surface area (Å²) in [4.78, 5) is 12.1. The molecular formula is C15H22N2O2. The summed E-state index contributed by atoms with van der Waals surface area (Å²) in [7, 11) is 1.62. The molecule has 2 unspecified atom stereocenters. The maximum atomic E-state index is 12.1. The van der Waals surface area contributed by atoms with E-state index in [1.54, 1.807) is 7.11 Å². The lowest BCUT2D eigenvalue weighted by Gasteiger charge is -2.50. The largest absolute Gasteiger partial charge is 0.496 e. The number of ether oxygens (including phenoxy) is 1. The Kier molecular flexibility index (Phi) is 3.80. The van der Waals surface area contributed by atoms with Crippen LogP contribution in [0.5, 0.6) is 5.75 Å². The molecule has 4 heteroatoms. The second kappa shape index (κ2) is 5.21. The predicted molar refractivity (Wildman–Crippen MR) is 75.0 cm³/mol. The summed E-state index contributed by atoms with van der Waals surface area (Å²) in [6.07, 6.45) is 1.19. The molecule has 1 fully saturated rings. The van der Waals surface area contributed by atoms with Gasteiger partial charge in [-0.25, -0.2) is 0 Å². The van der Waals surface area contributed by atoms with Crippen molar-refractivity contribution in [2.45, 2.75) is 38.8 Å². The fraction of sp³-hybridized carbons (Fsp3) is 0.533. The number of hydrogen-bond acceptors (Lipinski definition) is 3. The number of rotatable bonds is 4. The van der Waals surface area contributed by atoms with Crippen LogP contribution in [0, 0.1) is 5.41 Å². The molecule has 0 bridgehead atoms. The number of carbonyl (C=O) groups excluding carboxylic acids is 1. The fourth-order valence-electron chi connectivity index (χ4n) is 2.47. The van der Waals surface area contributed by atoms with E-state index in [0.29, 0.717) is 6.42 Å². The normalized spacial score (nSPS) is 24.4. The molecule has 1 aromatic carbocycles. The Morgan fingerprint density at radius 2 is 2.16 bits per heavy atom. The minimum Gasteiger partial charge on any atom is -0.496 e. The van der Waals surface area contributed by atoms with Crippen molar-refractivity contribution in [3.05, 3.63) is 29.8 Å². The van der Waals surface area contributed by atoms with Crippen LogP contribution in [0.2, 0.25) is 0 Å². The molecule has 0 saturated heterocycles. The number of amides is 1. The SMILES string of the molecule is COc1ccccc1CC(=O)NC1CC(N)C1(C)C. The summed E-state index contributed by atoms with van der Waals surface area (Å²) in [5.74, 6) is 0.775. The van der Waals surface area contributed by atoms with Gasteiger partial charge in [-0.1, -0.05) is 32.0 Å². The standard InChI is InChI=1S/C15H22N2O2/c1-15(2)12(16)9-13(15)17-14(18)8-10-6-4-5-7-11(10)19-3/h4-7,12-13H,8-9,16H2,1-3H3,(H,17,18). The number of nitrogens with one attached hydrogen (secondary N) is 1. The molecule has 19 heavy (non-hydrogen) atoms. The van der Waals surface area contributed by atoms with Crippen LogP contribution < -0.4 is 15.8 Å². The second-order valence-electron chi connectivity index (χ2n) is 5.77. The van der Waals surface area contributed by atoms with Crippen molar-refractivity contribution in [3.63, 3.8) is 0 Å². The summed E-state index contributed by atoms with van der Waals surface area (Å²) in [5.41, 5.74) is 6.84. The molecular weight excluding hydrogens is 240 g/mol. The zero-order valence-electron chi connectivity index (χ0n) is 11.8. The Labute approximate surface area is 114 Å². The molecule has 0 spiro atoms. The molecule has 2 atom stereocenters. The number of hydrogen-bond donors (Lipinski definition) is 2. The molecule has 1 aliphatic carbocycles. The first-order valence-electron chi connectivity index (χ1n) is 6.62. The molecule has 3 N–H and O–H groups in total. The van der Waals surface area contributed by atoms with Gasteiger partial charge in [0.1, 0.15) is 5.75 Å². The van der Waals surface area contributed by atoms with Gasteiger partial charge in [0.2, 0.25) is 5.91 Å².